The zero-order valence-electron chi connectivity index (χ0n) is 16.9. The number of piperazine rings is 1. The normalized spacial score (nSPS) is 16.1. The molecule has 1 aliphatic rings. The second-order valence-electron chi connectivity index (χ2n) is 7.39. The highest BCUT2D eigenvalue weighted by Crippen LogP contribution is 2.26. The van der Waals surface area contributed by atoms with E-state index in [0.717, 1.165) is 42.8 Å². The van der Waals surface area contributed by atoms with Crippen LogP contribution in [0.2, 0.25) is 0 Å². The molecule has 10 heteroatoms. The van der Waals surface area contributed by atoms with Crippen LogP contribution in [-0.2, 0) is 10.0 Å². The summed E-state index contributed by atoms with van der Waals surface area (Å²) in [4.78, 5) is 18.4. The first-order valence-corrected chi connectivity index (χ1v) is 11.2. The van der Waals surface area contributed by atoms with Gasteiger partial charge in [-0.05, 0) is 26.1 Å². The van der Waals surface area contributed by atoms with Crippen LogP contribution in [-0.4, -0.2) is 80.8 Å². The Morgan fingerprint density at radius 2 is 1.89 bits per heavy atom. The Hall–Kier alpha value is -2.04. The first-order valence-electron chi connectivity index (χ1n) is 9.55. The second-order valence-corrected chi connectivity index (χ2v) is 9.44. The van der Waals surface area contributed by atoms with Crippen molar-refractivity contribution < 1.29 is 8.42 Å². The van der Waals surface area contributed by atoms with Crippen LogP contribution in [0.1, 0.15) is 25.5 Å². The molecule has 0 spiro atoms. The Morgan fingerprint density at radius 1 is 1.18 bits per heavy atom. The zero-order chi connectivity index (χ0) is 20.3. The predicted molar refractivity (Wildman–Crippen MR) is 112 cm³/mol. The van der Waals surface area contributed by atoms with Gasteiger partial charge in [0.1, 0.15) is 5.82 Å². The standard InChI is InChI=1S/C18H29N7O2S/c1-13(2)15-11-14-16(12-21-15)22-18(25-8-6-24(4)7-9-25)23-17(14)20-5-10-28(26,27)19-3/h11-13,19H,5-10H2,1-4H3,(H,20,22,23). The Bertz CT molecular complexity index is 925. The lowest BCUT2D eigenvalue weighted by molar-refractivity contribution is 0.311. The Labute approximate surface area is 166 Å². The van der Waals surface area contributed by atoms with Crippen molar-refractivity contribution in [3.63, 3.8) is 0 Å². The van der Waals surface area contributed by atoms with Crippen LogP contribution in [0.5, 0.6) is 0 Å². The fraction of sp³-hybridized carbons (Fsp3) is 0.611. The third kappa shape index (κ3) is 4.86. The molecule has 28 heavy (non-hydrogen) atoms. The Morgan fingerprint density at radius 3 is 2.54 bits per heavy atom. The summed E-state index contributed by atoms with van der Waals surface area (Å²) >= 11 is 0. The van der Waals surface area contributed by atoms with Crippen LogP contribution in [0.15, 0.2) is 12.3 Å². The van der Waals surface area contributed by atoms with Crippen molar-refractivity contribution in [1.82, 2.24) is 24.6 Å². The van der Waals surface area contributed by atoms with Crippen molar-refractivity contribution in [2.45, 2.75) is 19.8 Å². The van der Waals surface area contributed by atoms with Gasteiger partial charge in [-0.1, -0.05) is 13.8 Å². The third-order valence-electron chi connectivity index (χ3n) is 4.94. The molecule has 0 atom stereocenters. The van der Waals surface area contributed by atoms with E-state index in [9.17, 15) is 8.42 Å². The molecule has 0 aliphatic carbocycles. The van der Waals surface area contributed by atoms with Crippen molar-refractivity contribution in [3.8, 4) is 0 Å². The monoisotopic (exact) mass is 407 g/mol. The average Bonchev–Trinajstić information content (AvgIpc) is 2.67. The van der Waals surface area contributed by atoms with Crippen LogP contribution in [0.4, 0.5) is 11.8 Å². The third-order valence-corrected chi connectivity index (χ3v) is 6.31. The zero-order valence-corrected chi connectivity index (χ0v) is 17.8. The van der Waals surface area contributed by atoms with E-state index in [2.05, 4.69) is 45.7 Å². The van der Waals surface area contributed by atoms with Crippen molar-refractivity contribution >= 4 is 32.7 Å². The summed E-state index contributed by atoms with van der Waals surface area (Å²) in [6.07, 6.45) is 1.78. The topological polar surface area (TPSA) is 103 Å². The second kappa shape index (κ2) is 8.54. The minimum atomic E-state index is -3.29. The molecule has 0 aromatic carbocycles. The minimum Gasteiger partial charge on any atom is -0.368 e. The number of anilines is 2. The van der Waals surface area contributed by atoms with Gasteiger partial charge in [-0.3, -0.25) is 4.98 Å². The van der Waals surface area contributed by atoms with Gasteiger partial charge in [0.2, 0.25) is 16.0 Å². The number of hydrogen-bond donors (Lipinski definition) is 2. The van der Waals surface area contributed by atoms with Crippen molar-refractivity contribution in [2.75, 3.05) is 62.8 Å². The lowest BCUT2D eigenvalue weighted by Gasteiger charge is -2.32. The number of pyridine rings is 1. The van der Waals surface area contributed by atoms with E-state index >= 15 is 0 Å². The molecule has 1 aliphatic heterocycles. The van der Waals surface area contributed by atoms with Crippen LogP contribution < -0.4 is 14.9 Å². The predicted octanol–water partition coefficient (Wildman–Crippen LogP) is 0.861. The number of fused-ring (bicyclic) bond motifs is 1. The van der Waals surface area contributed by atoms with Crippen molar-refractivity contribution in [3.05, 3.63) is 18.0 Å². The van der Waals surface area contributed by atoms with Gasteiger partial charge in [0.15, 0.2) is 0 Å². The summed E-state index contributed by atoms with van der Waals surface area (Å²) in [5.74, 6) is 1.55. The summed E-state index contributed by atoms with van der Waals surface area (Å²) in [6.45, 7) is 8.04. The summed E-state index contributed by atoms with van der Waals surface area (Å²) in [5, 5.41) is 4.06. The number of rotatable bonds is 7. The van der Waals surface area contributed by atoms with Crippen LogP contribution >= 0.6 is 0 Å². The lowest BCUT2D eigenvalue weighted by Crippen LogP contribution is -2.45. The SMILES string of the molecule is CNS(=O)(=O)CCNc1nc(N2CCN(C)CC2)nc2cnc(C(C)C)cc12. The quantitative estimate of drug-likeness (QED) is 0.697. The first-order chi connectivity index (χ1) is 13.3. The molecular formula is C18H29N7O2S. The molecule has 9 nitrogen and oxygen atoms in total. The van der Waals surface area contributed by atoms with E-state index in [1.807, 2.05) is 6.07 Å². The number of nitrogens with one attached hydrogen (secondary N) is 2. The average molecular weight is 408 g/mol. The van der Waals surface area contributed by atoms with Crippen LogP contribution in [0.3, 0.4) is 0 Å². The van der Waals surface area contributed by atoms with Crippen LogP contribution in [0, 0.1) is 0 Å². The lowest BCUT2D eigenvalue weighted by atomic mass is 10.1. The first kappa shape index (κ1) is 20.7. The molecule has 3 heterocycles. The van der Waals surface area contributed by atoms with Gasteiger partial charge >= 0.3 is 0 Å². The smallest absolute Gasteiger partial charge is 0.228 e. The molecule has 0 amide bonds. The van der Waals surface area contributed by atoms with Gasteiger partial charge in [-0.15, -0.1) is 0 Å². The van der Waals surface area contributed by atoms with E-state index in [1.165, 1.54) is 7.05 Å². The van der Waals surface area contributed by atoms with E-state index in [-0.39, 0.29) is 18.2 Å². The number of hydrogen-bond acceptors (Lipinski definition) is 8. The fourth-order valence-corrected chi connectivity index (χ4v) is 3.62. The van der Waals surface area contributed by atoms with E-state index in [0.29, 0.717) is 11.8 Å². The summed E-state index contributed by atoms with van der Waals surface area (Å²) in [5.41, 5.74) is 1.71. The summed E-state index contributed by atoms with van der Waals surface area (Å²) in [6, 6.07) is 1.99. The summed E-state index contributed by atoms with van der Waals surface area (Å²) < 4.78 is 25.8. The molecular weight excluding hydrogens is 378 g/mol. The van der Waals surface area contributed by atoms with Gasteiger partial charge in [0, 0.05) is 43.8 Å². The van der Waals surface area contributed by atoms with Gasteiger partial charge in [-0.25, -0.2) is 18.1 Å². The van der Waals surface area contributed by atoms with E-state index in [1.54, 1.807) is 6.20 Å². The van der Waals surface area contributed by atoms with Gasteiger partial charge in [0.05, 0.1) is 17.5 Å². The van der Waals surface area contributed by atoms with Gasteiger partial charge in [0.25, 0.3) is 0 Å². The molecule has 2 N–H and O–H groups in total. The van der Waals surface area contributed by atoms with Crippen LogP contribution in [0.25, 0.3) is 10.9 Å². The molecule has 0 unspecified atom stereocenters. The molecule has 2 aromatic rings. The molecule has 0 saturated carbocycles. The highest BCUT2D eigenvalue weighted by Gasteiger charge is 2.19. The van der Waals surface area contributed by atoms with E-state index < -0.39 is 10.0 Å². The number of nitrogens with zero attached hydrogens (tertiary/aromatic N) is 5. The van der Waals surface area contributed by atoms with E-state index in [4.69, 9.17) is 9.97 Å². The van der Waals surface area contributed by atoms with Crippen molar-refractivity contribution in [2.24, 2.45) is 0 Å². The molecule has 2 aromatic heterocycles. The number of likely N-dealkylation sites (N-methyl/N-ethyl adjacent to an activating group) is 1. The highest BCUT2D eigenvalue weighted by molar-refractivity contribution is 7.89. The molecule has 1 saturated heterocycles. The summed E-state index contributed by atoms with van der Waals surface area (Å²) in [7, 11) is 0.235. The van der Waals surface area contributed by atoms with Gasteiger partial charge < -0.3 is 15.1 Å². The Kier molecular flexibility index (Phi) is 6.31. The molecule has 3 rings (SSSR count). The fourth-order valence-electron chi connectivity index (χ4n) is 3.04. The molecule has 1 fully saturated rings. The molecule has 154 valence electrons. The maximum atomic E-state index is 11.7. The maximum Gasteiger partial charge on any atom is 0.228 e. The van der Waals surface area contributed by atoms with Gasteiger partial charge in [-0.2, -0.15) is 4.98 Å². The molecule has 0 bridgehead atoms. The number of sulfonamides is 1. The Balaban J connectivity index is 1.94. The largest absolute Gasteiger partial charge is 0.368 e. The number of aromatic nitrogens is 3. The minimum absolute atomic E-state index is 0.0268. The van der Waals surface area contributed by atoms with Crippen molar-refractivity contribution in [1.29, 1.82) is 0 Å². The molecule has 0 radical (unpaired) electrons. The highest BCUT2D eigenvalue weighted by atomic mass is 32.2. The maximum absolute atomic E-state index is 11.7.